The van der Waals surface area contributed by atoms with Crippen molar-refractivity contribution in [3.8, 4) is 0 Å². The Labute approximate surface area is 90.5 Å². The molecule has 0 fully saturated rings. The van der Waals surface area contributed by atoms with Crippen LogP contribution in [-0.4, -0.2) is 6.18 Å². The van der Waals surface area contributed by atoms with E-state index in [1.165, 1.54) is 18.2 Å². The van der Waals surface area contributed by atoms with Gasteiger partial charge in [0.15, 0.2) is 0 Å². The molecule has 6 heteroatoms. The summed E-state index contributed by atoms with van der Waals surface area (Å²) in [5.74, 6) is 0. The molecule has 0 aliphatic carbocycles. The highest BCUT2D eigenvalue weighted by Gasteiger charge is 2.38. The normalized spacial score (nSPS) is 13.2. The summed E-state index contributed by atoms with van der Waals surface area (Å²) in [5.41, 5.74) is 4.86. The summed E-state index contributed by atoms with van der Waals surface area (Å²) in [7, 11) is 0. The molecule has 0 amide bonds. The monoisotopic (exact) mass is 245 g/mol. The maximum absolute atomic E-state index is 12.1. The van der Waals surface area contributed by atoms with E-state index in [-0.39, 0.29) is 23.0 Å². The summed E-state index contributed by atoms with van der Waals surface area (Å²) in [5, 5.41) is 0.0346. The fourth-order valence-corrected chi connectivity index (χ4v) is 1.16. The fourth-order valence-electron chi connectivity index (χ4n) is 0.904. The molecule has 0 aliphatic rings. The Morgan fingerprint density at radius 1 is 1.21 bits per heavy atom. The lowest BCUT2D eigenvalue weighted by molar-refractivity contribution is -0.149. The minimum atomic E-state index is -4.45. The van der Waals surface area contributed by atoms with Gasteiger partial charge in [0.1, 0.15) is 6.04 Å². The van der Waals surface area contributed by atoms with E-state index in [1.54, 1.807) is 6.07 Å². The number of hydrogen-bond acceptors (Lipinski definition) is 1. The van der Waals surface area contributed by atoms with E-state index >= 15 is 0 Å². The first-order valence-corrected chi connectivity index (χ1v) is 3.87. The molecule has 0 spiro atoms. The lowest BCUT2D eigenvalue weighted by Crippen LogP contribution is -2.28. The molecule has 0 aromatic heterocycles. The number of rotatable bonds is 1. The van der Waals surface area contributed by atoms with Gasteiger partial charge in [0.05, 0.1) is 0 Å². The van der Waals surface area contributed by atoms with Crippen molar-refractivity contribution in [1.29, 1.82) is 0 Å². The minimum Gasteiger partial charge on any atom is -0.316 e. The van der Waals surface area contributed by atoms with Gasteiger partial charge in [0.2, 0.25) is 0 Å². The van der Waals surface area contributed by atoms with E-state index < -0.39 is 12.2 Å². The van der Waals surface area contributed by atoms with Gasteiger partial charge in [-0.2, -0.15) is 13.2 Å². The van der Waals surface area contributed by atoms with E-state index in [0.717, 1.165) is 0 Å². The summed E-state index contributed by atoms with van der Waals surface area (Å²) < 4.78 is 36.4. The van der Waals surface area contributed by atoms with Gasteiger partial charge in [0.25, 0.3) is 0 Å². The van der Waals surface area contributed by atoms with E-state index in [0.29, 0.717) is 0 Å². The SMILES string of the molecule is Cl.N[C@@H](c1ccccc1Cl)C(F)(F)F. The predicted octanol–water partition coefficient (Wildman–Crippen LogP) is 3.32. The first kappa shape index (κ1) is 13.5. The Bertz CT molecular complexity index is 301. The van der Waals surface area contributed by atoms with E-state index in [2.05, 4.69) is 0 Å². The van der Waals surface area contributed by atoms with E-state index in [9.17, 15) is 13.2 Å². The van der Waals surface area contributed by atoms with Crippen molar-refractivity contribution in [2.45, 2.75) is 12.2 Å². The molecule has 0 aliphatic heterocycles. The van der Waals surface area contributed by atoms with Crippen molar-refractivity contribution >= 4 is 24.0 Å². The maximum Gasteiger partial charge on any atom is 0.407 e. The van der Waals surface area contributed by atoms with Crippen LogP contribution in [0.5, 0.6) is 0 Å². The second-order valence-electron chi connectivity index (χ2n) is 2.54. The average molecular weight is 246 g/mol. The summed E-state index contributed by atoms with van der Waals surface area (Å²) in [6.07, 6.45) is -4.45. The van der Waals surface area contributed by atoms with Crippen molar-refractivity contribution in [3.05, 3.63) is 34.9 Å². The maximum atomic E-state index is 12.1. The van der Waals surface area contributed by atoms with Crippen LogP contribution >= 0.6 is 24.0 Å². The minimum absolute atomic E-state index is 0. The van der Waals surface area contributed by atoms with Crippen molar-refractivity contribution in [2.24, 2.45) is 5.73 Å². The molecular weight excluding hydrogens is 238 g/mol. The van der Waals surface area contributed by atoms with Gasteiger partial charge in [-0.25, -0.2) is 0 Å². The molecule has 14 heavy (non-hydrogen) atoms. The Morgan fingerprint density at radius 3 is 2.14 bits per heavy atom. The summed E-state index contributed by atoms with van der Waals surface area (Å²) >= 11 is 5.55. The van der Waals surface area contributed by atoms with Crippen LogP contribution in [-0.2, 0) is 0 Å². The van der Waals surface area contributed by atoms with Gasteiger partial charge in [-0.3, -0.25) is 0 Å². The highest BCUT2D eigenvalue weighted by molar-refractivity contribution is 6.31. The Hall–Kier alpha value is -0.450. The second kappa shape index (κ2) is 4.87. The zero-order valence-corrected chi connectivity index (χ0v) is 8.46. The number of halogens is 5. The molecule has 1 aromatic rings. The quantitative estimate of drug-likeness (QED) is 0.808. The molecule has 1 rings (SSSR count). The van der Waals surface area contributed by atoms with Crippen LogP contribution in [0, 0.1) is 0 Å². The van der Waals surface area contributed by atoms with Gasteiger partial charge in [-0.05, 0) is 11.6 Å². The van der Waals surface area contributed by atoms with Crippen molar-refractivity contribution in [2.75, 3.05) is 0 Å². The van der Waals surface area contributed by atoms with Crippen LogP contribution in [0.3, 0.4) is 0 Å². The first-order valence-electron chi connectivity index (χ1n) is 3.49. The van der Waals surface area contributed by atoms with Gasteiger partial charge < -0.3 is 5.73 Å². The molecule has 1 atom stereocenters. The van der Waals surface area contributed by atoms with Crippen molar-refractivity contribution in [3.63, 3.8) is 0 Å². The molecule has 0 heterocycles. The standard InChI is InChI=1S/C8H7ClF3N.ClH/c9-6-4-2-1-3-5(6)7(13)8(10,11)12;/h1-4,7H,13H2;1H/t7-;/m0./s1. The highest BCUT2D eigenvalue weighted by Crippen LogP contribution is 2.33. The van der Waals surface area contributed by atoms with E-state index in [4.69, 9.17) is 17.3 Å². The first-order chi connectivity index (χ1) is 5.93. The third-order valence-electron chi connectivity index (χ3n) is 1.59. The van der Waals surface area contributed by atoms with Gasteiger partial charge in [-0.1, -0.05) is 29.8 Å². The molecule has 1 aromatic carbocycles. The lowest BCUT2D eigenvalue weighted by atomic mass is 10.1. The molecule has 1 nitrogen and oxygen atoms in total. The molecular formula is C8H8Cl2F3N. The molecule has 0 radical (unpaired) electrons. The summed E-state index contributed by atoms with van der Waals surface area (Å²) in [6.45, 7) is 0. The third kappa shape index (κ3) is 3.04. The molecule has 2 N–H and O–H groups in total. The number of hydrogen-bond donors (Lipinski definition) is 1. The lowest BCUT2D eigenvalue weighted by Gasteiger charge is -2.16. The van der Waals surface area contributed by atoms with Gasteiger partial charge in [0, 0.05) is 5.02 Å². The van der Waals surface area contributed by atoms with Gasteiger partial charge >= 0.3 is 6.18 Å². The molecule has 80 valence electrons. The van der Waals surface area contributed by atoms with Crippen molar-refractivity contribution in [1.82, 2.24) is 0 Å². The summed E-state index contributed by atoms with van der Waals surface area (Å²) in [4.78, 5) is 0. The highest BCUT2D eigenvalue weighted by atomic mass is 35.5. The molecule has 0 unspecified atom stereocenters. The van der Waals surface area contributed by atoms with Crippen LogP contribution < -0.4 is 5.73 Å². The number of benzene rings is 1. The Kier molecular flexibility index (Phi) is 4.71. The Morgan fingerprint density at radius 2 is 1.71 bits per heavy atom. The Balaban J connectivity index is 0.00000169. The number of nitrogens with two attached hydrogens (primary N) is 1. The van der Waals surface area contributed by atoms with Crippen molar-refractivity contribution < 1.29 is 13.2 Å². The zero-order valence-electron chi connectivity index (χ0n) is 6.88. The van der Waals surface area contributed by atoms with Crippen LogP contribution in [0.1, 0.15) is 11.6 Å². The molecule has 0 saturated heterocycles. The van der Waals surface area contributed by atoms with Crippen LogP contribution in [0.15, 0.2) is 24.3 Å². The van der Waals surface area contributed by atoms with Crippen LogP contribution in [0.4, 0.5) is 13.2 Å². The van der Waals surface area contributed by atoms with E-state index in [1.807, 2.05) is 0 Å². The largest absolute Gasteiger partial charge is 0.407 e. The molecule has 0 bridgehead atoms. The zero-order chi connectivity index (χ0) is 10.1. The van der Waals surface area contributed by atoms with Crippen LogP contribution in [0.25, 0.3) is 0 Å². The topological polar surface area (TPSA) is 26.0 Å². The summed E-state index contributed by atoms with van der Waals surface area (Å²) in [6, 6.07) is 3.64. The van der Waals surface area contributed by atoms with Gasteiger partial charge in [-0.15, -0.1) is 12.4 Å². The predicted molar refractivity (Wildman–Crippen MR) is 51.7 cm³/mol. The fraction of sp³-hybridized carbons (Fsp3) is 0.250. The third-order valence-corrected chi connectivity index (χ3v) is 1.94. The smallest absolute Gasteiger partial charge is 0.316 e. The van der Waals surface area contributed by atoms with Crippen LogP contribution in [0.2, 0.25) is 5.02 Å². The number of alkyl halides is 3. The molecule has 0 saturated carbocycles. The average Bonchev–Trinajstić information content (AvgIpc) is 2.02. The second-order valence-corrected chi connectivity index (χ2v) is 2.95.